The van der Waals surface area contributed by atoms with Crippen molar-refractivity contribution in [2.45, 2.75) is 13.2 Å². The summed E-state index contributed by atoms with van der Waals surface area (Å²) in [5, 5.41) is 41.5. The predicted molar refractivity (Wildman–Crippen MR) is 290 cm³/mol. The zero-order valence-corrected chi connectivity index (χ0v) is 41.0. The van der Waals surface area contributed by atoms with Crippen LogP contribution in [0.4, 0.5) is 34.1 Å². The van der Waals surface area contributed by atoms with Crippen molar-refractivity contribution in [2.24, 2.45) is 20.5 Å². The van der Waals surface area contributed by atoms with E-state index in [4.69, 9.17) is 34.4 Å². The summed E-state index contributed by atoms with van der Waals surface area (Å²) in [6.07, 6.45) is 2.01. The van der Waals surface area contributed by atoms with Crippen LogP contribution in [-0.2, 0) is 18.1 Å². The summed E-state index contributed by atoms with van der Waals surface area (Å²) in [7, 11) is 6.57. The minimum absolute atomic E-state index is 0.0256. The number of ether oxygens (including phenoxy) is 3. The quantitative estimate of drug-likeness (QED) is 0.0674. The molecule has 1 aromatic heterocycles. The molecule has 10 aromatic rings. The van der Waals surface area contributed by atoms with Gasteiger partial charge in [-0.1, -0.05) is 103 Å². The topological polar surface area (TPSA) is 157 Å². The van der Waals surface area contributed by atoms with Gasteiger partial charge in [-0.3, -0.25) is 14.7 Å². The SMILES string of the molecule is COc1ccc(NC(=O)c2cc3ccccc3c(N=Nc3ccc(-c4cn(-c5ccc(N=Nc6c(OC)c(CON(C)c7ccc(CO)cc7)cc7ccccc67)cc5)nc4-c4ccccc4)cc3)c2OC)cc1. The second-order valence-electron chi connectivity index (χ2n) is 17.1. The molecule has 74 heavy (non-hydrogen) atoms. The van der Waals surface area contributed by atoms with Crippen molar-refractivity contribution in [3.05, 3.63) is 211 Å². The molecule has 1 heterocycles. The highest BCUT2D eigenvalue weighted by molar-refractivity contribution is 6.12. The Balaban J connectivity index is 0.905. The number of aliphatic hydroxyl groups is 1. The number of benzene rings is 9. The summed E-state index contributed by atoms with van der Waals surface area (Å²) in [6.45, 7) is 0.191. The highest BCUT2D eigenvalue weighted by Crippen LogP contribution is 2.43. The third kappa shape index (κ3) is 10.3. The lowest BCUT2D eigenvalue weighted by Gasteiger charge is -2.20. The van der Waals surface area contributed by atoms with Gasteiger partial charge in [0.25, 0.3) is 5.91 Å². The molecule has 14 nitrogen and oxygen atoms in total. The molecular formula is C60H50N8O6. The van der Waals surface area contributed by atoms with Gasteiger partial charge in [-0.15, -0.1) is 10.2 Å². The van der Waals surface area contributed by atoms with E-state index in [0.29, 0.717) is 51.2 Å². The van der Waals surface area contributed by atoms with Crippen molar-refractivity contribution in [1.82, 2.24) is 9.78 Å². The van der Waals surface area contributed by atoms with Gasteiger partial charge < -0.3 is 24.6 Å². The van der Waals surface area contributed by atoms with Gasteiger partial charge in [0.2, 0.25) is 0 Å². The summed E-state index contributed by atoms with van der Waals surface area (Å²) in [4.78, 5) is 19.9. The summed E-state index contributed by atoms with van der Waals surface area (Å²) in [6, 6.07) is 59.7. The Labute approximate surface area is 427 Å². The van der Waals surface area contributed by atoms with E-state index in [9.17, 15) is 9.90 Å². The maximum atomic E-state index is 13.7. The number of fused-ring (bicyclic) bond motifs is 2. The van der Waals surface area contributed by atoms with Crippen LogP contribution in [0.3, 0.4) is 0 Å². The van der Waals surface area contributed by atoms with Crippen molar-refractivity contribution < 1.29 is 28.9 Å². The molecule has 2 N–H and O–H groups in total. The van der Waals surface area contributed by atoms with E-state index in [0.717, 1.165) is 66.4 Å². The number of azo groups is 2. The lowest BCUT2D eigenvalue weighted by atomic mass is 10.0. The second-order valence-corrected chi connectivity index (χ2v) is 17.1. The largest absolute Gasteiger partial charge is 0.497 e. The van der Waals surface area contributed by atoms with Gasteiger partial charge in [-0.2, -0.15) is 15.3 Å². The van der Waals surface area contributed by atoms with Crippen LogP contribution in [-0.4, -0.2) is 49.2 Å². The Morgan fingerprint density at radius 1 is 0.622 bits per heavy atom. The number of nitrogens with zero attached hydrogens (tertiary/aromatic N) is 7. The standard InChI is InChI=1S/C60H50N8O6/c1-67(48-28-18-39(37-69)19-29-48)74-38-44-34-42-14-8-10-16-51(42)56(58(44)72-3)64-63-47-24-30-49(31-25-47)68-36-54(55(66-68)41-12-6-5-7-13-41)40-20-22-46(23-21-40)62-65-57-52-17-11-9-15-43(52)35-53(59(57)73-4)60(70)61-45-26-32-50(71-2)33-27-45/h5-36,69H,37-38H2,1-4H3,(H,61,70). The molecule has 0 fully saturated rings. The normalized spacial score (nSPS) is 11.4. The van der Waals surface area contributed by atoms with Crippen molar-refractivity contribution >= 4 is 61.6 Å². The fraction of sp³-hybridized carbons (Fsp3) is 0.100. The van der Waals surface area contributed by atoms with Crippen molar-refractivity contribution in [2.75, 3.05) is 38.8 Å². The van der Waals surface area contributed by atoms with Crippen LogP contribution in [0.25, 0.3) is 49.6 Å². The lowest BCUT2D eigenvalue weighted by molar-refractivity contribution is 0.102. The van der Waals surface area contributed by atoms with Crippen LogP contribution in [0.15, 0.2) is 215 Å². The Hall–Kier alpha value is -9.50. The fourth-order valence-electron chi connectivity index (χ4n) is 8.63. The molecule has 366 valence electrons. The Morgan fingerprint density at radius 2 is 1.22 bits per heavy atom. The first-order valence-electron chi connectivity index (χ1n) is 23.7. The molecule has 0 saturated carbocycles. The van der Waals surface area contributed by atoms with E-state index in [1.165, 1.54) is 7.11 Å². The van der Waals surface area contributed by atoms with Crippen molar-refractivity contribution in [3.63, 3.8) is 0 Å². The smallest absolute Gasteiger partial charge is 0.259 e. The molecule has 0 spiro atoms. The summed E-state index contributed by atoms with van der Waals surface area (Å²) >= 11 is 0. The van der Waals surface area contributed by atoms with E-state index >= 15 is 0 Å². The zero-order chi connectivity index (χ0) is 51.0. The highest BCUT2D eigenvalue weighted by Gasteiger charge is 2.21. The zero-order valence-electron chi connectivity index (χ0n) is 41.0. The summed E-state index contributed by atoms with van der Waals surface area (Å²) in [5.74, 6) is 1.20. The van der Waals surface area contributed by atoms with E-state index in [-0.39, 0.29) is 19.1 Å². The van der Waals surface area contributed by atoms with Gasteiger partial charge in [0.15, 0.2) is 11.5 Å². The number of amides is 1. The molecule has 14 heteroatoms. The first-order valence-corrected chi connectivity index (χ1v) is 23.7. The number of carbonyl (C=O) groups excluding carboxylic acids is 1. The van der Waals surface area contributed by atoms with Crippen LogP contribution < -0.4 is 24.6 Å². The van der Waals surface area contributed by atoms with E-state index < -0.39 is 0 Å². The van der Waals surface area contributed by atoms with Gasteiger partial charge in [0.05, 0.1) is 56.2 Å². The summed E-state index contributed by atoms with van der Waals surface area (Å²) < 4.78 is 19.0. The molecular weight excluding hydrogens is 929 g/mol. The average Bonchev–Trinajstić information content (AvgIpc) is 3.91. The number of methoxy groups -OCH3 is 3. The molecule has 0 saturated heterocycles. The van der Waals surface area contributed by atoms with Crippen LogP contribution in [0.2, 0.25) is 0 Å². The number of hydrogen-bond donors (Lipinski definition) is 2. The van der Waals surface area contributed by atoms with Crippen LogP contribution in [0, 0.1) is 0 Å². The number of anilines is 2. The Morgan fingerprint density at radius 3 is 1.84 bits per heavy atom. The first-order chi connectivity index (χ1) is 36.3. The number of aromatic nitrogens is 2. The van der Waals surface area contributed by atoms with Gasteiger partial charge >= 0.3 is 0 Å². The molecule has 1 amide bonds. The van der Waals surface area contributed by atoms with Crippen molar-refractivity contribution in [1.29, 1.82) is 0 Å². The molecule has 0 atom stereocenters. The van der Waals surface area contributed by atoms with E-state index in [1.807, 2.05) is 176 Å². The molecule has 0 aliphatic heterocycles. The number of aliphatic hydroxyl groups excluding tert-OH is 1. The average molecular weight is 979 g/mol. The molecule has 9 aromatic carbocycles. The van der Waals surface area contributed by atoms with E-state index in [2.05, 4.69) is 15.5 Å². The number of hydroxylamine groups is 1. The van der Waals surface area contributed by atoms with Gasteiger partial charge in [-0.25, -0.2) is 4.68 Å². The van der Waals surface area contributed by atoms with Gasteiger partial charge in [0.1, 0.15) is 29.4 Å². The minimum Gasteiger partial charge on any atom is -0.497 e. The van der Waals surface area contributed by atoms with Gasteiger partial charge in [-0.05, 0) is 107 Å². The Kier molecular flexibility index (Phi) is 14.2. The monoisotopic (exact) mass is 978 g/mol. The van der Waals surface area contributed by atoms with E-state index in [1.54, 1.807) is 49.6 Å². The molecule has 0 radical (unpaired) electrons. The van der Waals surface area contributed by atoms with Crippen molar-refractivity contribution in [3.8, 4) is 45.3 Å². The fourth-order valence-corrected chi connectivity index (χ4v) is 8.63. The molecule has 0 bridgehead atoms. The third-order valence-corrected chi connectivity index (χ3v) is 12.5. The molecule has 0 aliphatic rings. The minimum atomic E-state index is -0.349. The maximum absolute atomic E-state index is 13.7. The predicted octanol–water partition coefficient (Wildman–Crippen LogP) is 14.7. The first kappa shape index (κ1) is 48.1. The van der Waals surface area contributed by atoms with Crippen LogP contribution in [0.1, 0.15) is 21.5 Å². The molecule has 0 unspecified atom stereocenters. The number of carbonyl (C=O) groups is 1. The van der Waals surface area contributed by atoms with Gasteiger partial charge in [0, 0.05) is 46.4 Å². The molecule has 0 aliphatic carbocycles. The highest BCUT2D eigenvalue weighted by atomic mass is 16.7. The molecule has 10 rings (SSSR count). The third-order valence-electron chi connectivity index (χ3n) is 12.5. The maximum Gasteiger partial charge on any atom is 0.259 e. The second kappa shape index (κ2) is 21.9. The summed E-state index contributed by atoms with van der Waals surface area (Å²) in [5.41, 5.74) is 10.1. The van der Waals surface area contributed by atoms with Crippen LogP contribution >= 0.6 is 0 Å². The number of rotatable bonds is 17. The number of hydrogen-bond acceptors (Lipinski definition) is 12. The number of nitrogens with one attached hydrogen (secondary N) is 1. The lowest BCUT2D eigenvalue weighted by Crippen LogP contribution is -2.17. The van der Waals surface area contributed by atoms with Crippen LogP contribution in [0.5, 0.6) is 17.2 Å². The Bertz CT molecular complexity index is 3660.